The second-order valence-electron chi connectivity index (χ2n) is 8.71. The van der Waals surface area contributed by atoms with Crippen LogP contribution in [-0.4, -0.2) is 39.8 Å². The number of nitrogens with one attached hydrogen (secondary N) is 3. The van der Waals surface area contributed by atoms with Crippen LogP contribution in [-0.2, 0) is 6.54 Å². The molecule has 0 aliphatic carbocycles. The molecular formula is C25H35ClN6O. The molecule has 0 bridgehead atoms. The SMILES string of the molecule is CCC(NC(=O)c1cnc2c(cnn2CC)c1NC1CCNCC1)c1ccc(C)cc1C.Cl. The molecule has 3 N–H and O–H groups in total. The third-order valence-electron chi connectivity index (χ3n) is 6.41. The normalized spacial score (nSPS) is 15.2. The van der Waals surface area contributed by atoms with Crippen LogP contribution in [0.15, 0.2) is 30.6 Å². The fourth-order valence-electron chi connectivity index (χ4n) is 4.61. The number of aromatic nitrogens is 3. The fraction of sp³-hybridized carbons (Fsp3) is 0.480. The maximum absolute atomic E-state index is 13.5. The van der Waals surface area contributed by atoms with Gasteiger partial charge in [0.25, 0.3) is 5.91 Å². The molecule has 7 nitrogen and oxygen atoms in total. The molecule has 1 aliphatic rings. The second kappa shape index (κ2) is 11.0. The molecule has 0 saturated carbocycles. The summed E-state index contributed by atoms with van der Waals surface area (Å²) in [5.74, 6) is -0.105. The monoisotopic (exact) mass is 470 g/mol. The first-order valence-corrected chi connectivity index (χ1v) is 11.7. The molecule has 4 rings (SSSR count). The van der Waals surface area contributed by atoms with Crippen LogP contribution in [0.4, 0.5) is 5.69 Å². The summed E-state index contributed by atoms with van der Waals surface area (Å²) >= 11 is 0. The van der Waals surface area contributed by atoms with Crippen molar-refractivity contribution in [2.24, 2.45) is 0 Å². The number of fused-ring (bicyclic) bond motifs is 1. The highest BCUT2D eigenvalue weighted by molar-refractivity contribution is 6.06. The first-order valence-electron chi connectivity index (χ1n) is 11.7. The van der Waals surface area contributed by atoms with E-state index in [0.29, 0.717) is 11.6 Å². The molecule has 1 amide bonds. The van der Waals surface area contributed by atoms with Crippen LogP contribution in [0, 0.1) is 13.8 Å². The summed E-state index contributed by atoms with van der Waals surface area (Å²) in [6.07, 6.45) is 6.38. The van der Waals surface area contributed by atoms with E-state index in [2.05, 4.69) is 65.0 Å². The largest absolute Gasteiger partial charge is 0.381 e. The molecule has 1 aliphatic heterocycles. The van der Waals surface area contributed by atoms with E-state index in [1.54, 1.807) is 6.20 Å². The molecule has 1 unspecified atom stereocenters. The van der Waals surface area contributed by atoms with Gasteiger partial charge in [-0.1, -0.05) is 30.7 Å². The first kappa shape index (κ1) is 25.0. The summed E-state index contributed by atoms with van der Waals surface area (Å²) in [5.41, 5.74) is 5.81. The van der Waals surface area contributed by atoms with Gasteiger partial charge in [0.15, 0.2) is 5.65 Å². The zero-order valence-electron chi connectivity index (χ0n) is 19.9. The number of nitrogens with zero attached hydrogens (tertiary/aromatic N) is 3. The van der Waals surface area contributed by atoms with E-state index in [9.17, 15) is 4.79 Å². The Hall–Kier alpha value is -2.64. The predicted octanol–water partition coefficient (Wildman–Crippen LogP) is 4.53. The minimum atomic E-state index is -0.105. The lowest BCUT2D eigenvalue weighted by Gasteiger charge is -2.26. The molecule has 2 aromatic heterocycles. The number of carbonyl (C=O) groups excluding carboxylic acids is 1. The summed E-state index contributed by atoms with van der Waals surface area (Å²) in [6.45, 7) is 11.0. The van der Waals surface area contributed by atoms with Crippen molar-refractivity contribution < 1.29 is 4.79 Å². The van der Waals surface area contributed by atoms with Crippen LogP contribution in [0.5, 0.6) is 0 Å². The molecule has 1 aromatic carbocycles. The Morgan fingerprint density at radius 1 is 1.21 bits per heavy atom. The Labute approximate surface area is 202 Å². The van der Waals surface area contributed by atoms with Crippen molar-refractivity contribution in [1.29, 1.82) is 0 Å². The molecule has 33 heavy (non-hydrogen) atoms. The van der Waals surface area contributed by atoms with Gasteiger partial charge in [0, 0.05) is 18.8 Å². The van der Waals surface area contributed by atoms with Gasteiger partial charge >= 0.3 is 0 Å². The van der Waals surface area contributed by atoms with Crippen molar-refractivity contribution in [3.63, 3.8) is 0 Å². The van der Waals surface area contributed by atoms with Gasteiger partial charge in [0.2, 0.25) is 0 Å². The summed E-state index contributed by atoms with van der Waals surface area (Å²) in [6, 6.07) is 6.67. The van der Waals surface area contributed by atoms with E-state index in [0.717, 1.165) is 61.2 Å². The average Bonchev–Trinajstić information content (AvgIpc) is 3.22. The van der Waals surface area contributed by atoms with Gasteiger partial charge in [-0.05, 0) is 64.3 Å². The quantitative estimate of drug-likeness (QED) is 0.472. The Kier molecular flexibility index (Phi) is 8.32. The molecule has 178 valence electrons. The van der Waals surface area contributed by atoms with Gasteiger partial charge < -0.3 is 16.0 Å². The number of piperidine rings is 1. The van der Waals surface area contributed by atoms with Gasteiger partial charge in [-0.3, -0.25) is 4.79 Å². The number of rotatable bonds is 7. The highest BCUT2D eigenvalue weighted by atomic mass is 35.5. The third kappa shape index (κ3) is 5.31. The summed E-state index contributed by atoms with van der Waals surface area (Å²) in [4.78, 5) is 18.1. The zero-order valence-corrected chi connectivity index (χ0v) is 20.8. The lowest BCUT2D eigenvalue weighted by Crippen LogP contribution is -2.36. The lowest BCUT2D eigenvalue weighted by atomic mass is 9.97. The van der Waals surface area contributed by atoms with Crippen LogP contribution < -0.4 is 16.0 Å². The van der Waals surface area contributed by atoms with E-state index in [1.807, 2.05) is 17.8 Å². The van der Waals surface area contributed by atoms with Gasteiger partial charge in [0.05, 0.1) is 28.9 Å². The van der Waals surface area contributed by atoms with Crippen LogP contribution in [0.1, 0.15) is 66.2 Å². The highest BCUT2D eigenvalue weighted by Gasteiger charge is 2.24. The number of hydrogen-bond acceptors (Lipinski definition) is 5. The van der Waals surface area contributed by atoms with E-state index in [1.165, 1.54) is 11.1 Å². The molecule has 0 radical (unpaired) electrons. The van der Waals surface area contributed by atoms with E-state index < -0.39 is 0 Å². The average molecular weight is 471 g/mol. The van der Waals surface area contributed by atoms with E-state index in [-0.39, 0.29) is 24.4 Å². The maximum Gasteiger partial charge on any atom is 0.255 e. The van der Waals surface area contributed by atoms with Crippen molar-refractivity contribution in [2.45, 2.75) is 65.6 Å². The second-order valence-corrected chi connectivity index (χ2v) is 8.71. The Bertz CT molecular complexity index is 1110. The summed E-state index contributed by atoms with van der Waals surface area (Å²) in [7, 11) is 0. The minimum absolute atomic E-state index is 0. The van der Waals surface area contributed by atoms with Crippen LogP contribution >= 0.6 is 12.4 Å². The van der Waals surface area contributed by atoms with Crippen molar-refractivity contribution >= 4 is 35.0 Å². The van der Waals surface area contributed by atoms with Crippen molar-refractivity contribution in [3.05, 3.63) is 52.8 Å². The van der Waals surface area contributed by atoms with Crippen molar-refractivity contribution in [3.8, 4) is 0 Å². The molecule has 3 aromatic rings. The van der Waals surface area contributed by atoms with Crippen LogP contribution in [0.3, 0.4) is 0 Å². The molecular weight excluding hydrogens is 436 g/mol. The number of carbonyl (C=O) groups is 1. The number of aryl methyl sites for hydroxylation is 3. The Morgan fingerprint density at radius 2 is 1.97 bits per heavy atom. The number of amides is 1. The Balaban J connectivity index is 0.00000306. The Morgan fingerprint density at radius 3 is 2.64 bits per heavy atom. The van der Waals surface area contributed by atoms with E-state index in [4.69, 9.17) is 0 Å². The molecule has 3 heterocycles. The van der Waals surface area contributed by atoms with E-state index >= 15 is 0 Å². The number of halogens is 1. The molecule has 0 spiro atoms. The molecule has 1 saturated heterocycles. The molecule has 1 atom stereocenters. The van der Waals surface area contributed by atoms with Gasteiger partial charge in [0.1, 0.15) is 0 Å². The predicted molar refractivity (Wildman–Crippen MR) is 136 cm³/mol. The number of benzene rings is 1. The van der Waals surface area contributed by atoms with Gasteiger partial charge in [-0.2, -0.15) is 5.10 Å². The number of pyridine rings is 1. The lowest BCUT2D eigenvalue weighted by molar-refractivity contribution is 0.0936. The molecule has 1 fully saturated rings. The van der Waals surface area contributed by atoms with Gasteiger partial charge in [-0.15, -0.1) is 12.4 Å². The number of hydrogen-bond donors (Lipinski definition) is 3. The van der Waals surface area contributed by atoms with Gasteiger partial charge in [-0.25, -0.2) is 9.67 Å². The standard InChI is InChI=1S/C25H34N6O.ClH/c1-5-22(19-8-7-16(3)13-17(19)4)30-25(32)21-14-27-24-20(15-28-31(24)6-2)23(21)29-18-9-11-26-12-10-18;/h7-8,13-15,18,22,26H,5-6,9-12H2,1-4H3,(H,27,29)(H,30,32);1H. The van der Waals surface area contributed by atoms with Crippen molar-refractivity contribution in [1.82, 2.24) is 25.4 Å². The topological polar surface area (TPSA) is 83.9 Å². The smallest absolute Gasteiger partial charge is 0.255 e. The third-order valence-corrected chi connectivity index (χ3v) is 6.41. The molecule has 8 heteroatoms. The number of anilines is 1. The van der Waals surface area contributed by atoms with Crippen LogP contribution in [0.25, 0.3) is 11.0 Å². The summed E-state index contributed by atoms with van der Waals surface area (Å²) < 4.78 is 1.87. The van der Waals surface area contributed by atoms with Crippen LogP contribution in [0.2, 0.25) is 0 Å². The zero-order chi connectivity index (χ0) is 22.7. The first-order chi connectivity index (χ1) is 15.5. The summed E-state index contributed by atoms with van der Waals surface area (Å²) in [5, 5.41) is 15.7. The highest BCUT2D eigenvalue weighted by Crippen LogP contribution is 2.29. The van der Waals surface area contributed by atoms with Crippen molar-refractivity contribution in [2.75, 3.05) is 18.4 Å². The fourth-order valence-corrected chi connectivity index (χ4v) is 4.61. The minimum Gasteiger partial charge on any atom is -0.381 e. The maximum atomic E-state index is 13.5.